The van der Waals surface area contributed by atoms with Gasteiger partial charge in [0.2, 0.25) is 0 Å². The molecule has 0 bridgehead atoms. The molecule has 0 spiro atoms. The minimum absolute atomic E-state index is 0.757. The summed E-state index contributed by atoms with van der Waals surface area (Å²) in [5, 5.41) is 7.74. The van der Waals surface area contributed by atoms with E-state index in [0.29, 0.717) is 0 Å². The Labute approximate surface area is 296 Å². The second-order valence-electron chi connectivity index (χ2n) is 13.5. The molecule has 1 aliphatic rings. The first-order chi connectivity index (χ1) is 25.3. The van der Waals surface area contributed by atoms with Crippen molar-refractivity contribution in [2.24, 2.45) is 0 Å². The van der Waals surface area contributed by atoms with E-state index in [-0.39, 0.29) is 0 Å². The molecule has 0 aliphatic carbocycles. The SMILES string of the molecule is c1ccc(-n2c3ccccc3c3cc(-c4cnc5c(c4)[SiH2]c4cc(-c6ccc7c(c6)c6ccccc6n7-c6ccccc6)cnc4-5)ccc32)cc1. The summed E-state index contributed by atoms with van der Waals surface area (Å²) in [6.45, 7) is 0. The fourth-order valence-corrected chi connectivity index (χ4v) is 10.2. The van der Waals surface area contributed by atoms with Gasteiger partial charge in [-0.3, -0.25) is 9.97 Å². The molecule has 11 rings (SSSR count). The van der Waals surface area contributed by atoms with E-state index in [2.05, 4.69) is 167 Å². The van der Waals surface area contributed by atoms with Gasteiger partial charge in [-0.2, -0.15) is 0 Å². The summed E-state index contributed by atoms with van der Waals surface area (Å²) in [5.41, 5.74) is 14.0. The Hall–Kier alpha value is -6.56. The number of fused-ring (bicyclic) bond motifs is 9. The molecular formula is C46H30N4Si. The standard InChI is InChI=1S/C46H30N4Si/c1-3-11-33(12-4-1)49-39-17-9-7-15-35(39)37-23-29(19-21-41(37)49)31-25-43-45(47-27-31)46-44(51-43)26-32(28-48-46)30-20-22-42-38(24-30)36-16-8-10-18-40(36)50(42)34-13-5-2-6-14-34/h1-28H,51H2. The zero-order valence-electron chi connectivity index (χ0n) is 27.7. The van der Waals surface area contributed by atoms with E-state index < -0.39 is 9.52 Å². The number of hydrogen-bond acceptors (Lipinski definition) is 2. The van der Waals surface area contributed by atoms with Crippen molar-refractivity contribution >= 4 is 63.5 Å². The number of rotatable bonds is 4. The third-order valence-electron chi connectivity index (χ3n) is 10.6. The van der Waals surface area contributed by atoms with Gasteiger partial charge in [0.1, 0.15) is 0 Å². The molecule has 0 N–H and O–H groups in total. The van der Waals surface area contributed by atoms with Gasteiger partial charge in [-0.15, -0.1) is 0 Å². The Kier molecular flexibility index (Phi) is 6.09. The van der Waals surface area contributed by atoms with Crippen molar-refractivity contribution in [3.63, 3.8) is 0 Å². The summed E-state index contributed by atoms with van der Waals surface area (Å²) in [6.07, 6.45) is 4.07. The molecule has 10 aromatic rings. The fraction of sp³-hybridized carbons (Fsp3) is 0. The summed E-state index contributed by atoms with van der Waals surface area (Å²) in [7, 11) is -0.757. The van der Waals surface area contributed by atoms with Crippen LogP contribution >= 0.6 is 0 Å². The fourth-order valence-electron chi connectivity index (χ4n) is 8.25. The maximum Gasteiger partial charge on any atom is 0.0934 e. The molecule has 5 heterocycles. The molecule has 0 saturated heterocycles. The molecule has 238 valence electrons. The van der Waals surface area contributed by atoms with Crippen LogP contribution < -0.4 is 10.4 Å². The highest BCUT2D eigenvalue weighted by molar-refractivity contribution is 6.73. The third kappa shape index (κ3) is 4.32. The number of aromatic nitrogens is 4. The highest BCUT2D eigenvalue weighted by Gasteiger charge is 2.24. The van der Waals surface area contributed by atoms with Crippen molar-refractivity contribution in [2.75, 3.05) is 0 Å². The van der Waals surface area contributed by atoms with Gasteiger partial charge >= 0.3 is 0 Å². The lowest BCUT2D eigenvalue weighted by molar-refractivity contribution is 1.18. The van der Waals surface area contributed by atoms with Crippen LogP contribution in [0.3, 0.4) is 0 Å². The van der Waals surface area contributed by atoms with Crippen molar-refractivity contribution in [1.82, 2.24) is 19.1 Å². The van der Waals surface area contributed by atoms with Crippen molar-refractivity contribution in [3.8, 4) is 45.0 Å². The molecule has 51 heavy (non-hydrogen) atoms. The van der Waals surface area contributed by atoms with E-state index in [4.69, 9.17) is 9.97 Å². The molecule has 0 atom stereocenters. The average Bonchev–Trinajstić information content (AvgIpc) is 3.85. The first-order valence-electron chi connectivity index (χ1n) is 17.4. The average molecular weight is 667 g/mol. The predicted octanol–water partition coefficient (Wildman–Crippen LogP) is 9.10. The molecule has 4 aromatic heterocycles. The highest BCUT2D eigenvalue weighted by atomic mass is 28.2. The van der Waals surface area contributed by atoms with Crippen LogP contribution in [0.25, 0.3) is 88.6 Å². The smallest absolute Gasteiger partial charge is 0.0934 e. The summed E-state index contributed by atoms with van der Waals surface area (Å²) in [6, 6.07) is 57.1. The van der Waals surface area contributed by atoms with Crippen LogP contribution in [0.1, 0.15) is 0 Å². The number of nitrogens with zero attached hydrogens (tertiary/aromatic N) is 4. The summed E-state index contributed by atoms with van der Waals surface area (Å²) < 4.78 is 4.72. The van der Waals surface area contributed by atoms with Crippen LogP contribution in [-0.2, 0) is 0 Å². The van der Waals surface area contributed by atoms with Crippen LogP contribution in [-0.4, -0.2) is 28.6 Å². The monoisotopic (exact) mass is 666 g/mol. The first kappa shape index (κ1) is 28.3. The summed E-state index contributed by atoms with van der Waals surface area (Å²) in [5.74, 6) is 0. The van der Waals surface area contributed by atoms with E-state index in [0.717, 1.165) is 22.5 Å². The van der Waals surface area contributed by atoms with Crippen LogP contribution in [0.15, 0.2) is 170 Å². The number of hydrogen-bond donors (Lipinski definition) is 0. The van der Waals surface area contributed by atoms with Gasteiger partial charge < -0.3 is 9.13 Å². The van der Waals surface area contributed by atoms with Crippen molar-refractivity contribution in [1.29, 1.82) is 0 Å². The van der Waals surface area contributed by atoms with E-state index in [1.165, 1.54) is 76.5 Å². The van der Waals surface area contributed by atoms with Crippen molar-refractivity contribution < 1.29 is 0 Å². The van der Waals surface area contributed by atoms with E-state index in [1.54, 1.807) is 0 Å². The molecular weight excluding hydrogens is 637 g/mol. The maximum atomic E-state index is 5.05. The Morgan fingerprint density at radius 2 is 0.765 bits per heavy atom. The first-order valence-corrected chi connectivity index (χ1v) is 18.9. The summed E-state index contributed by atoms with van der Waals surface area (Å²) in [4.78, 5) is 10.1. The number of pyridine rings is 2. The lowest BCUT2D eigenvalue weighted by atomic mass is 10.0. The van der Waals surface area contributed by atoms with E-state index >= 15 is 0 Å². The molecule has 1 aliphatic heterocycles. The van der Waals surface area contributed by atoms with Crippen LogP contribution in [0, 0.1) is 0 Å². The molecule has 6 aromatic carbocycles. The van der Waals surface area contributed by atoms with E-state index in [1.807, 2.05) is 12.4 Å². The van der Waals surface area contributed by atoms with Gasteiger partial charge in [-0.25, -0.2) is 0 Å². The van der Waals surface area contributed by atoms with Gasteiger partial charge in [0.25, 0.3) is 0 Å². The predicted molar refractivity (Wildman–Crippen MR) is 215 cm³/mol. The minimum Gasteiger partial charge on any atom is -0.309 e. The molecule has 0 fully saturated rings. The molecule has 0 unspecified atom stereocenters. The zero-order valence-corrected chi connectivity index (χ0v) is 29.1. The Morgan fingerprint density at radius 1 is 0.353 bits per heavy atom. The molecule has 5 heteroatoms. The third-order valence-corrected chi connectivity index (χ3v) is 12.4. The van der Waals surface area contributed by atoms with Gasteiger partial charge in [-0.05, 0) is 93.3 Å². The highest BCUT2D eigenvalue weighted by Crippen LogP contribution is 2.37. The molecule has 0 radical (unpaired) electrons. The minimum atomic E-state index is -0.757. The second-order valence-corrected chi connectivity index (χ2v) is 15.4. The Bertz CT molecular complexity index is 2790. The quantitative estimate of drug-likeness (QED) is 0.176. The van der Waals surface area contributed by atoms with Crippen molar-refractivity contribution in [3.05, 3.63) is 170 Å². The van der Waals surface area contributed by atoms with E-state index in [9.17, 15) is 0 Å². The lowest BCUT2D eigenvalue weighted by Crippen LogP contribution is -2.21. The van der Waals surface area contributed by atoms with Gasteiger partial charge in [0.15, 0.2) is 0 Å². The lowest BCUT2D eigenvalue weighted by Gasteiger charge is -2.09. The molecule has 0 amide bonds. The second kappa shape index (κ2) is 11.0. The van der Waals surface area contributed by atoms with Gasteiger partial charge in [0.05, 0.1) is 43.0 Å². The van der Waals surface area contributed by atoms with Crippen LogP contribution in [0.2, 0.25) is 0 Å². The Morgan fingerprint density at radius 3 is 1.24 bits per heavy atom. The normalized spacial score (nSPS) is 12.2. The summed E-state index contributed by atoms with van der Waals surface area (Å²) >= 11 is 0. The van der Waals surface area contributed by atoms with Crippen molar-refractivity contribution in [2.45, 2.75) is 0 Å². The molecule has 0 saturated carbocycles. The van der Waals surface area contributed by atoms with Gasteiger partial charge in [-0.1, -0.05) is 97.1 Å². The number of benzene rings is 6. The maximum absolute atomic E-state index is 5.05. The number of para-hydroxylation sites is 4. The van der Waals surface area contributed by atoms with Gasteiger partial charge in [0, 0.05) is 45.3 Å². The topological polar surface area (TPSA) is 35.6 Å². The molecule has 4 nitrogen and oxygen atoms in total. The zero-order chi connectivity index (χ0) is 33.5. The van der Waals surface area contributed by atoms with Crippen LogP contribution in [0.4, 0.5) is 0 Å². The largest absolute Gasteiger partial charge is 0.309 e. The Balaban J connectivity index is 0.959. The van der Waals surface area contributed by atoms with Crippen LogP contribution in [0.5, 0.6) is 0 Å².